The predicted molar refractivity (Wildman–Crippen MR) is 102 cm³/mol. The van der Waals surface area contributed by atoms with Crippen LogP contribution in [0.2, 0.25) is 0 Å². The number of benzene rings is 1. The number of piperidine rings is 1. The second kappa shape index (κ2) is 8.56. The summed E-state index contributed by atoms with van der Waals surface area (Å²) in [7, 11) is 0. The van der Waals surface area contributed by atoms with Gasteiger partial charge in [0.05, 0.1) is 0 Å². The molecule has 0 saturated carbocycles. The standard InChI is InChI=1S/C20H31N3O2/c1-16-9-12-22(13-10-16)19-6-2-5-17(15-19)21-20(25)23-11-3-7-18(23)8-4-14-24/h2,5-6,15-16,18,24H,3-4,7-14H2,1H3,(H,21,25). The van der Waals surface area contributed by atoms with Gasteiger partial charge in [-0.15, -0.1) is 0 Å². The number of nitrogens with one attached hydrogen (secondary N) is 1. The molecule has 1 atom stereocenters. The van der Waals surface area contributed by atoms with Crippen LogP contribution < -0.4 is 10.2 Å². The quantitative estimate of drug-likeness (QED) is 0.856. The second-order valence-corrected chi connectivity index (χ2v) is 7.51. The van der Waals surface area contributed by atoms with Crippen molar-refractivity contribution in [3.8, 4) is 0 Å². The maximum Gasteiger partial charge on any atom is 0.322 e. The summed E-state index contributed by atoms with van der Waals surface area (Å²) in [6.45, 7) is 5.51. The Morgan fingerprint density at radius 1 is 1.24 bits per heavy atom. The Morgan fingerprint density at radius 2 is 2.04 bits per heavy atom. The molecule has 0 radical (unpaired) electrons. The molecule has 25 heavy (non-hydrogen) atoms. The van der Waals surface area contributed by atoms with Crippen LogP contribution in [0.3, 0.4) is 0 Å². The Morgan fingerprint density at radius 3 is 2.80 bits per heavy atom. The smallest absolute Gasteiger partial charge is 0.322 e. The van der Waals surface area contributed by atoms with Crippen molar-refractivity contribution >= 4 is 17.4 Å². The predicted octanol–water partition coefficient (Wildman–Crippen LogP) is 3.69. The van der Waals surface area contributed by atoms with E-state index < -0.39 is 0 Å². The topological polar surface area (TPSA) is 55.8 Å². The Kier molecular flexibility index (Phi) is 6.19. The normalized spacial score (nSPS) is 21.6. The molecule has 2 saturated heterocycles. The van der Waals surface area contributed by atoms with Crippen LogP contribution in [0.25, 0.3) is 0 Å². The van der Waals surface area contributed by atoms with Crippen molar-refractivity contribution in [1.82, 2.24) is 4.90 Å². The van der Waals surface area contributed by atoms with Crippen molar-refractivity contribution < 1.29 is 9.90 Å². The molecule has 2 fully saturated rings. The highest BCUT2D eigenvalue weighted by molar-refractivity contribution is 5.90. The Balaban J connectivity index is 1.60. The molecule has 2 amide bonds. The molecule has 1 unspecified atom stereocenters. The number of amides is 2. The second-order valence-electron chi connectivity index (χ2n) is 7.51. The van der Waals surface area contributed by atoms with Gasteiger partial charge in [-0.3, -0.25) is 0 Å². The van der Waals surface area contributed by atoms with Crippen molar-refractivity contribution in [3.05, 3.63) is 24.3 Å². The highest BCUT2D eigenvalue weighted by Crippen LogP contribution is 2.26. The zero-order valence-electron chi connectivity index (χ0n) is 15.3. The molecule has 3 rings (SSSR count). The molecular formula is C20H31N3O2. The van der Waals surface area contributed by atoms with E-state index in [0.29, 0.717) is 0 Å². The molecule has 5 heteroatoms. The molecule has 2 aliphatic rings. The van der Waals surface area contributed by atoms with Crippen LogP contribution >= 0.6 is 0 Å². The molecule has 0 aromatic heterocycles. The van der Waals surface area contributed by atoms with Gasteiger partial charge >= 0.3 is 6.03 Å². The van der Waals surface area contributed by atoms with E-state index in [9.17, 15) is 4.79 Å². The monoisotopic (exact) mass is 345 g/mol. The fraction of sp³-hybridized carbons (Fsp3) is 0.650. The van der Waals surface area contributed by atoms with E-state index in [2.05, 4.69) is 29.3 Å². The van der Waals surface area contributed by atoms with Gasteiger partial charge in [0.15, 0.2) is 0 Å². The minimum absolute atomic E-state index is 0.00939. The third-order valence-electron chi connectivity index (χ3n) is 5.58. The maximum absolute atomic E-state index is 12.7. The molecule has 2 aliphatic heterocycles. The van der Waals surface area contributed by atoms with Gasteiger partial charge in [-0.1, -0.05) is 13.0 Å². The Labute approximate surface area is 151 Å². The number of nitrogens with zero attached hydrogens (tertiary/aromatic N) is 2. The lowest BCUT2D eigenvalue weighted by Crippen LogP contribution is -2.38. The Bertz CT molecular complexity index is 570. The van der Waals surface area contributed by atoms with Gasteiger partial charge < -0.3 is 20.2 Å². The lowest BCUT2D eigenvalue weighted by Gasteiger charge is -2.32. The van der Waals surface area contributed by atoms with E-state index in [1.807, 2.05) is 17.0 Å². The average Bonchev–Trinajstić information content (AvgIpc) is 3.09. The van der Waals surface area contributed by atoms with Crippen LogP contribution in [0.4, 0.5) is 16.2 Å². The van der Waals surface area contributed by atoms with Crippen LogP contribution in [0.15, 0.2) is 24.3 Å². The van der Waals surface area contributed by atoms with Crippen molar-refractivity contribution in [2.75, 3.05) is 36.5 Å². The SMILES string of the molecule is CC1CCN(c2cccc(NC(=O)N3CCCC3CCCO)c2)CC1. The molecule has 5 nitrogen and oxygen atoms in total. The molecule has 2 heterocycles. The van der Waals surface area contributed by atoms with E-state index in [-0.39, 0.29) is 18.7 Å². The summed E-state index contributed by atoms with van der Waals surface area (Å²) in [5, 5.41) is 12.1. The number of aliphatic hydroxyl groups excluding tert-OH is 1. The minimum Gasteiger partial charge on any atom is -0.396 e. The lowest BCUT2D eigenvalue weighted by molar-refractivity contribution is 0.197. The van der Waals surface area contributed by atoms with E-state index in [4.69, 9.17) is 5.11 Å². The fourth-order valence-corrected chi connectivity index (χ4v) is 3.97. The van der Waals surface area contributed by atoms with E-state index in [0.717, 1.165) is 56.9 Å². The summed E-state index contributed by atoms with van der Waals surface area (Å²) in [4.78, 5) is 17.0. The van der Waals surface area contributed by atoms with E-state index in [1.165, 1.54) is 18.5 Å². The summed E-state index contributed by atoms with van der Waals surface area (Å²) in [6, 6.07) is 8.46. The van der Waals surface area contributed by atoms with Crippen LogP contribution in [0, 0.1) is 5.92 Å². The number of hydrogen-bond donors (Lipinski definition) is 2. The van der Waals surface area contributed by atoms with Crippen molar-refractivity contribution in [2.24, 2.45) is 5.92 Å². The summed E-state index contributed by atoms with van der Waals surface area (Å²) in [5.41, 5.74) is 2.07. The third kappa shape index (κ3) is 4.66. The number of aliphatic hydroxyl groups is 1. The first-order valence-electron chi connectivity index (χ1n) is 9.71. The number of rotatable bonds is 5. The number of likely N-dealkylation sites (tertiary alicyclic amines) is 1. The zero-order valence-corrected chi connectivity index (χ0v) is 15.3. The summed E-state index contributed by atoms with van der Waals surface area (Å²) in [6.07, 6.45) is 6.20. The first kappa shape index (κ1) is 18.1. The van der Waals surface area contributed by atoms with Crippen molar-refractivity contribution in [2.45, 2.75) is 51.5 Å². The van der Waals surface area contributed by atoms with Gasteiger partial charge in [-0.2, -0.15) is 0 Å². The summed E-state index contributed by atoms with van der Waals surface area (Å²) >= 11 is 0. The highest BCUT2D eigenvalue weighted by Gasteiger charge is 2.28. The molecule has 1 aromatic carbocycles. The van der Waals surface area contributed by atoms with Crippen LogP contribution in [-0.2, 0) is 0 Å². The van der Waals surface area contributed by atoms with Gasteiger partial charge in [-0.05, 0) is 62.6 Å². The zero-order chi connectivity index (χ0) is 17.6. The summed E-state index contributed by atoms with van der Waals surface area (Å²) in [5.74, 6) is 0.810. The number of urea groups is 1. The number of carbonyl (C=O) groups is 1. The minimum atomic E-state index is -0.00939. The first-order chi connectivity index (χ1) is 12.2. The highest BCUT2D eigenvalue weighted by atomic mass is 16.3. The van der Waals surface area contributed by atoms with Gasteiger partial charge in [-0.25, -0.2) is 4.79 Å². The summed E-state index contributed by atoms with van der Waals surface area (Å²) < 4.78 is 0. The number of anilines is 2. The molecule has 138 valence electrons. The van der Waals surface area contributed by atoms with Crippen molar-refractivity contribution in [3.63, 3.8) is 0 Å². The van der Waals surface area contributed by atoms with E-state index in [1.54, 1.807) is 0 Å². The van der Waals surface area contributed by atoms with Gasteiger partial charge in [0.2, 0.25) is 0 Å². The lowest BCUT2D eigenvalue weighted by atomic mass is 9.99. The van der Waals surface area contributed by atoms with Crippen molar-refractivity contribution in [1.29, 1.82) is 0 Å². The molecule has 0 aliphatic carbocycles. The number of hydrogen-bond acceptors (Lipinski definition) is 3. The van der Waals surface area contributed by atoms with Gasteiger partial charge in [0.25, 0.3) is 0 Å². The van der Waals surface area contributed by atoms with Crippen LogP contribution in [-0.4, -0.2) is 48.3 Å². The molecule has 0 bridgehead atoms. The molecule has 1 aromatic rings. The van der Waals surface area contributed by atoms with E-state index >= 15 is 0 Å². The average molecular weight is 345 g/mol. The fourth-order valence-electron chi connectivity index (χ4n) is 3.97. The number of carbonyl (C=O) groups excluding carboxylic acids is 1. The van der Waals surface area contributed by atoms with Crippen LogP contribution in [0.5, 0.6) is 0 Å². The molecule has 2 N–H and O–H groups in total. The Hall–Kier alpha value is -1.75. The molecule has 0 spiro atoms. The van der Waals surface area contributed by atoms with Gasteiger partial charge in [0, 0.05) is 43.7 Å². The van der Waals surface area contributed by atoms with Crippen LogP contribution in [0.1, 0.15) is 45.4 Å². The maximum atomic E-state index is 12.7. The third-order valence-corrected chi connectivity index (χ3v) is 5.58. The first-order valence-corrected chi connectivity index (χ1v) is 9.71. The largest absolute Gasteiger partial charge is 0.396 e. The molecular weight excluding hydrogens is 314 g/mol. The van der Waals surface area contributed by atoms with Gasteiger partial charge in [0.1, 0.15) is 0 Å².